The molecule has 2 fully saturated rings. The molecule has 1 amide bonds. The smallest absolute Gasteiger partial charge is 0.354 e. The lowest BCUT2D eigenvalue weighted by atomic mass is 9.99. The molecule has 4 heterocycles. The Bertz CT molecular complexity index is 1190. The summed E-state index contributed by atoms with van der Waals surface area (Å²) in [6.45, 7) is 2.11. The van der Waals surface area contributed by atoms with Crippen LogP contribution >= 0.6 is 0 Å². The topological polar surface area (TPSA) is 80.0 Å². The summed E-state index contributed by atoms with van der Waals surface area (Å²) >= 11 is 0. The number of hydrogen-bond donors (Lipinski definition) is 0. The maximum atomic E-state index is 15.4. The third-order valence-corrected chi connectivity index (χ3v) is 6.37. The van der Waals surface area contributed by atoms with E-state index in [1.807, 2.05) is 0 Å². The first-order valence-electron chi connectivity index (χ1n) is 11.3. The summed E-state index contributed by atoms with van der Waals surface area (Å²) < 4.78 is 55.4. The standard InChI is InChI=1S/C23H23F4N7O/c1-14-30-13-31-34(14)21-6-2-15(10-28-21)22(35)33(17-4-5-17)19-8-9-32(12-18(19)24)20-7-3-16(11-29-20)23(25,26)27/h2-3,6-7,10-11,13,17-19H,4-5,8-9,12H2,1H3/t18-,19+/m0/s1. The van der Waals surface area contributed by atoms with Gasteiger partial charge in [-0.3, -0.25) is 4.79 Å². The number of piperidine rings is 1. The van der Waals surface area contributed by atoms with E-state index in [-0.39, 0.29) is 24.3 Å². The van der Waals surface area contributed by atoms with Crippen LogP contribution in [0.3, 0.4) is 0 Å². The number of carbonyl (C=O) groups excluding carboxylic acids is 1. The van der Waals surface area contributed by atoms with E-state index >= 15 is 4.39 Å². The number of anilines is 1. The van der Waals surface area contributed by atoms with Crippen LogP contribution < -0.4 is 4.90 Å². The molecule has 3 aromatic rings. The minimum absolute atomic E-state index is 0.0290. The molecule has 5 rings (SSSR count). The van der Waals surface area contributed by atoms with Gasteiger partial charge in [0.15, 0.2) is 5.82 Å². The minimum Gasteiger partial charge on any atom is -0.354 e. The summed E-state index contributed by atoms with van der Waals surface area (Å²) in [5.41, 5.74) is -0.491. The Morgan fingerprint density at radius 1 is 1.03 bits per heavy atom. The van der Waals surface area contributed by atoms with Crippen LogP contribution in [0.2, 0.25) is 0 Å². The Morgan fingerprint density at radius 3 is 2.31 bits per heavy atom. The van der Waals surface area contributed by atoms with Gasteiger partial charge in [-0.1, -0.05) is 0 Å². The molecule has 0 unspecified atom stereocenters. The van der Waals surface area contributed by atoms with Crippen LogP contribution in [0.25, 0.3) is 5.82 Å². The summed E-state index contributed by atoms with van der Waals surface area (Å²) in [6.07, 6.45) is -0.259. The first kappa shape index (κ1) is 23.2. The predicted molar refractivity (Wildman–Crippen MR) is 118 cm³/mol. The average Bonchev–Trinajstić information content (AvgIpc) is 3.59. The molecule has 12 heteroatoms. The minimum atomic E-state index is -4.48. The van der Waals surface area contributed by atoms with Gasteiger partial charge in [-0.05, 0) is 50.5 Å². The highest BCUT2D eigenvalue weighted by Gasteiger charge is 2.43. The van der Waals surface area contributed by atoms with E-state index in [2.05, 4.69) is 20.1 Å². The van der Waals surface area contributed by atoms with E-state index in [9.17, 15) is 18.0 Å². The van der Waals surface area contributed by atoms with Crippen LogP contribution in [-0.4, -0.2) is 66.9 Å². The number of hydrogen-bond acceptors (Lipinski definition) is 6. The normalized spacial score (nSPS) is 20.7. The van der Waals surface area contributed by atoms with E-state index in [4.69, 9.17) is 0 Å². The molecule has 2 atom stereocenters. The van der Waals surface area contributed by atoms with Gasteiger partial charge in [0.2, 0.25) is 0 Å². The van der Waals surface area contributed by atoms with Crippen LogP contribution in [0.1, 0.15) is 41.0 Å². The summed E-state index contributed by atoms with van der Waals surface area (Å²) in [5.74, 6) is 1.18. The molecule has 35 heavy (non-hydrogen) atoms. The summed E-state index contributed by atoms with van der Waals surface area (Å²) in [7, 11) is 0. The van der Waals surface area contributed by atoms with Crippen molar-refractivity contribution in [2.75, 3.05) is 18.0 Å². The SMILES string of the molecule is Cc1ncnn1-c1ccc(C(=O)N(C2CC2)[C@@H]2CCN(c3ccc(C(F)(F)F)cn3)C[C@@H]2F)cn1. The zero-order valence-corrected chi connectivity index (χ0v) is 18.9. The number of rotatable bonds is 5. The van der Waals surface area contributed by atoms with Gasteiger partial charge in [-0.25, -0.2) is 19.3 Å². The summed E-state index contributed by atoms with van der Waals surface area (Å²) in [6, 6.07) is 4.86. The maximum Gasteiger partial charge on any atom is 0.417 e. The highest BCUT2D eigenvalue weighted by molar-refractivity contribution is 5.94. The largest absolute Gasteiger partial charge is 0.417 e. The lowest BCUT2D eigenvalue weighted by Crippen LogP contribution is -2.55. The van der Waals surface area contributed by atoms with Gasteiger partial charge < -0.3 is 9.80 Å². The molecule has 184 valence electrons. The number of nitrogens with zero attached hydrogens (tertiary/aromatic N) is 7. The van der Waals surface area contributed by atoms with E-state index in [1.165, 1.54) is 18.6 Å². The maximum absolute atomic E-state index is 15.4. The Kier molecular flexibility index (Phi) is 5.89. The monoisotopic (exact) mass is 489 g/mol. The summed E-state index contributed by atoms with van der Waals surface area (Å²) in [5, 5.41) is 4.10. The van der Waals surface area contributed by atoms with Crippen LogP contribution in [0, 0.1) is 6.92 Å². The van der Waals surface area contributed by atoms with Crippen LogP contribution in [0.4, 0.5) is 23.4 Å². The molecule has 1 aliphatic carbocycles. The fourth-order valence-electron chi connectivity index (χ4n) is 4.41. The number of aromatic nitrogens is 5. The second kappa shape index (κ2) is 8.90. The van der Waals surface area contributed by atoms with Gasteiger partial charge in [-0.15, -0.1) is 0 Å². The van der Waals surface area contributed by atoms with Crippen molar-refractivity contribution in [1.29, 1.82) is 0 Å². The molecule has 8 nitrogen and oxygen atoms in total. The van der Waals surface area contributed by atoms with Gasteiger partial charge >= 0.3 is 6.18 Å². The fourth-order valence-corrected chi connectivity index (χ4v) is 4.41. The Morgan fingerprint density at radius 2 is 1.77 bits per heavy atom. The number of aryl methyl sites for hydroxylation is 1. The first-order chi connectivity index (χ1) is 16.7. The molecule has 0 aromatic carbocycles. The van der Waals surface area contributed by atoms with Crippen LogP contribution in [0.15, 0.2) is 43.0 Å². The molecular weight excluding hydrogens is 466 g/mol. The second-order valence-electron chi connectivity index (χ2n) is 8.79. The first-order valence-corrected chi connectivity index (χ1v) is 11.3. The third-order valence-electron chi connectivity index (χ3n) is 6.37. The molecule has 2 aliphatic rings. The number of alkyl halides is 4. The Labute approximate surface area is 198 Å². The van der Waals surface area contributed by atoms with Gasteiger partial charge in [0.1, 0.15) is 24.1 Å². The van der Waals surface area contributed by atoms with Crippen molar-refractivity contribution in [2.45, 2.75) is 50.6 Å². The molecule has 0 spiro atoms. The highest BCUT2D eigenvalue weighted by Crippen LogP contribution is 2.35. The molecule has 3 aromatic heterocycles. The third kappa shape index (κ3) is 4.69. The number of pyridine rings is 2. The zero-order chi connectivity index (χ0) is 24.7. The summed E-state index contributed by atoms with van der Waals surface area (Å²) in [4.78, 5) is 28.9. The number of carbonyl (C=O) groups is 1. The molecule has 1 saturated carbocycles. The molecule has 1 saturated heterocycles. The van der Waals surface area contributed by atoms with Gasteiger partial charge in [-0.2, -0.15) is 23.0 Å². The lowest BCUT2D eigenvalue weighted by molar-refractivity contribution is -0.137. The molecular formula is C23H23F4N7O. The van der Waals surface area contributed by atoms with Gasteiger partial charge in [0.05, 0.1) is 23.7 Å². The predicted octanol–water partition coefficient (Wildman–Crippen LogP) is 3.61. The molecule has 0 N–H and O–H groups in total. The highest BCUT2D eigenvalue weighted by atomic mass is 19.4. The van der Waals surface area contributed by atoms with E-state index < -0.39 is 24.0 Å². The van der Waals surface area contributed by atoms with Gasteiger partial charge in [0, 0.05) is 25.0 Å². The Balaban J connectivity index is 1.29. The second-order valence-corrected chi connectivity index (χ2v) is 8.79. The van der Waals surface area contributed by atoms with Crippen molar-refractivity contribution in [3.8, 4) is 5.82 Å². The quantitative estimate of drug-likeness (QED) is 0.510. The van der Waals surface area contributed by atoms with E-state index in [1.54, 1.807) is 33.5 Å². The van der Waals surface area contributed by atoms with Crippen molar-refractivity contribution in [3.05, 3.63) is 59.9 Å². The van der Waals surface area contributed by atoms with Crippen LogP contribution in [-0.2, 0) is 6.18 Å². The average molecular weight is 489 g/mol. The van der Waals surface area contributed by atoms with E-state index in [0.717, 1.165) is 25.1 Å². The van der Waals surface area contributed by atoms with Crippen LogP contribution in [0.5, 0.6) is 0 Å². The molecule has 0 bridgehead atoms. The lowest BCUT2D eigenvalue weighted by Gasteiger charge is -2.41. The van der Waals surface area contributed by atoms with Crippen molar-refractivity contribution < 1.29 is 22.4 Å². The van der Waals surface area contributed by atoms with E-state index in [0.29, 0.717) is 30.2 Å². The molecule has 0 radical (unpaired) electrons. The van der Waals surface area contributed by atoms with Gasteiger partial charge in [0.25, 0.3) is 5.91 Å². The Hall–Kier alpha value is -3.57. The molecule has 1 aliphatic heterocycles. The van der Waals surface area contributed by atoms with Crippen molar-refractivity contribution in [2.24, 2.45) is 0 Å². The fraction of sp³-hybridized carbons (Fsp3) is 0.435. The van der Waals surface area contributed by atoms with Crippen molar-refractivity contribution in [1.82, 2.24) is 29.6 Å². The van der Waals surface area contributed by atoms with Crippen molar-refractivity contribution >= 4 is 11.7 Å². The number of halogens is 4. The van der Waals surface area contributed by atoms with Crippen molar-refractivity contribution in [3.63, 3.8) is 0 Å². The zero-order valence-electron chi connectivity index (χ0n) is 18.9. The number of amides is 1.